The highest BCUT2D eigenvalue weighted by Gasteiger charge is 2.35. The molecule has 15 heavy (non-hydrogen) atoms. The minimum absolute atomic E-state index is 0.0373. The van der Waals surface area contributed by atoms with Crippen LogP contribution in [0.3, 0.4) is 0 Å². The molecule has 1 aromatic heterocycles. The minimum atomic E-state index is -0.0373. The smallest absolute Gasteiger partial charge is 0.309 e. The molecule has 1 fully saturated rings. The number of aromatic nitrogens is 2. The first-order valence-corrected chi connectivity index (χ1v) is 5.34. The van der Waals surface area contributed by atoms with Gasteiger partial charge in [0.25, 0.3) is 0 Å². The second-order valence-electron chi connectivity index (χ2n) is 4.10. The van der Waals surface area contributed by atoms with Crippen LogP contribution >= 0.6 is 0 Å². The van der Waals surface area contributed by atoms with Crippen molar-refractivity contribution in [1.29, 1.82) is 0 Å². The maximum atomic E-state index is 11.4. The van der Waals surface area contributed by atoms with Crippen LogP contribution in [-0.4, -0.2) is 22.1 Å². The molecule has 4 heteroatoms. The van der Waals surface area contributed by atoms with Crippen molar-refractivity contribution in [2.24, 2.45) is 18.9 Å². The molecule has 0 spiro atoms. The van der Waals surface area contributed by atoms with Gasteiger partial charge in [-0.2, -0.15) is 0 Å². The Morgan fingerprint density at radius 2 is 2.47 bits per heavy atom. The molecule has 2 rings (SSSR count). The number of ether oxygens (including phenoxy) is 1. The number of imidazole rings is 1. The normalized spacial score (nSPS) is 25.6. The molecule has 2 heterocycles. The standard InChI is InChI=1S/C11H16N2O2/c1-3-10-8(6-15-11(10)14)4-9-5-12-7-13(9)2/h5,7-8,10H,3-4,6H2,1-2H3/t8?,10-/m1/s1. The van der Waals surface area contributed by atoms with E-state index < -0.39 is 0 Å². The average molecular weight is 208 g/mol. The van der Waals surface area contributed by atoms with Crippen LogP contribution in [0.2, 0.25) is 0 Å². The van der Waals surface area contributed by atoms with Crippen LogP contribution in [0.1, 0.15) is 19.0 Å². The van der Waals surface area contributed by atoms with Crippen molar-refractivity contribution in [3.63, 3.8) is 0 Å². The van der Waals surface area contributed by atoms with Gasteiger partial charge in [0.15, 0.2) is 0 Å². The lowest BCUT2D eigenvalue weighted by atomic mass is 9.89. The molecule has 1 saturated heterocycles. The number of carbonyl (C=O) groups excluding carboxylic acids is 1. The third-order valence-electron chi connectivity index (χ3n) is 3.14. The molecular weight excluding hydrogens is 192 g/mol. The minimum Gasteiger partial charge on any atom is -0.465 e. The van der Waals surface area contributed by atoms with Gasteiger partial charge in [0.05, 0.1) is 18.9 Å². The predicted molar refractivity (Wildman–Crippen MR) is 55.1 cm³/mol. The van der Waals surface area contributed by atoms with Crippen molar-refractivity contribution >= 4 is 5.97 Å². The number of esters is 1. The summed E-state index contributed by atoms with van der Waals surface area (Å²) in [7, 11) is 1.97. The number of cyclic esters (lactones) is 1. The van der Waals surface area contributed by atoms with Gasteiger partial charge in [-0.15, -0.1) is 0 Å². The highest BCUT2D eigenvalue weighted by Crippen LogP contribution is 2.27. The van der Waals surface area contributed by atoms with E-state index in [0.717, 1.165) is 18.5 Å². The number of aryl methyl sites for hydroxylation is 1. The van der Waals surface area contributed by atoms with Crippen LogP contribution in [0.4, 0.5) is 0 Å². The Kier molecular flexibility index (Phi) is 2.75. The van der Waals surface area contributed by atoms with E-state index in [1.165, 1.54) is 0 Å². The van der Waals surface area contributed by atoms with E-state index in [2.05, 4.69) is 4.98 Å². The molecule has 1 unspecified atom stereocenters. The maximum absolute atomic E-state index is 11.4. The quantitative estimate of drug-likeness (QED) is 0.700. The number of nitrogens with zero attached hydrogens (tertiary/aromatic N) is 2. The zero-order chi connectivity index (χ0) is 10.8. The van der Waals surface area contributed by atoms with Gasteiger partial charge in [0, 0.05) is 24.9 Å². The zero-order valence-corrected chi connectivity index (χ0v) is 9.14. The Labute approximate surface area is 89.3 Å². The summed E-state index contributed by atoms with van der Waals surface area (Å²) >= 11 is 0. The van der Waals surface area contributed by atoms with E-state index >= 15 is 0 Å². The van der Waals surface area contributed by atoms with Gasteiger partial charge in [0.2, 0.25) is 0 Å². The first-order valence-electron chi connectivity index (χ1n) is 5.34. The van der Waals surface area contributed by atoms with Crippen LogP contribution < -0.4 is 0 Å². The molecule has 1 aliphatic rings. The van der Waals surface area contributed by atoms with Crippen molar-refractivity contribution < 1.29 is 9.53 Å². The van der Waals surface area contributed by atoms with Gasteiger partial charge in [-0.1, -0.05) is 6.92 Å². The SMILES string of the molecule is CC[C@H]1C(=O)OCC1Cc1cncn1C. The summed E-state index contributed by atoms with van der Waals surface area (Å²) in [5.41, 5.74) is 1.16. The molecule has 0 aromatic carbocycles. The molecule has 0 aliphatic carbocycles. The zero-order valence-electron chi connectivity index (χ0n) is 9.14. The Balaban J connectivity index is 2.06. The first-order chi connectivity index (χ1) is 7.22. The fourth-order valence-corrected chi connectivity index (χ4v) is 2.16. The van der Waals surface area contributed by atoms with E-state index in [1.807, 2.05) is 24.7 Å². The Hall–Kier alpha value is -1.32. The fourth-order valence-electron chi connectivity index (χ4n) is 2.16. The van der Waals surface area contributed by atoms with Crippen LogP contribution in [0.15, 0.2) is 12.5 Å². The van der Waals surface area contributed by atoms with E-state index in [0.29, 0.717) is 12.5 Å². The second kappa shape index (κ2) is 4.04. The molecule has 0 N–H and O–H groups in total. The number of hydrogen-bond donors (Lipinski definition) is 0. The van der Waals surface area contributed by atoms with E-state index in [-0.39, 0.29) is 11.9 Å². The lowest BCUT2D eigenvalue weighted by molar-refractivity contribution is -0.141. The van der Waals surface area contributed by atoms with Crippen molar-refractivity contribution in [1.82, 2.24) is 9.55 Å². The number of hydrogen-bond acceptors (Lipinski definition) is 3. The monoisotopic (exact) mass is 208 g/mol. The van der Waals surface area contributed by atoms with E-state index in [9.17, 15) is 4.79 Å². The molecule has 0 saturated carbocycles. The lowest BCUT2D eigenvalue weighted by Gasteiger charge is -2.12. The van der Waals surface area contributed by atoms with Gasteiger partial charge in [-0.25, -0.2) is 4.98 Å². The van der Waals surface area contributed by atoms with Gasteiger partial charge < -0.3 is 9.30 Å². The van der Waals surface area contributed by atoms with Crippen LogP contribution in [0.5, 0.6) is 0 Å². The summed E-state index contributed by atoms with van der Waals surface area (Å²) in [5.74, 6) is 0.350. The molecule has 1 aliphatic heterocycles. The van der Waals surface area contributed by atoms with Crippen molar-refractivity contribution in [3.8, 4) is 0 Å². The highest BCUT2D eigenvalue weighted by atomic mass is 16.5. The largest absolute Gasteiger partial charge is 0.465 e. The van der Waals surface area contributed by atoms with Crippen molar-refractivity contribution in [3.05, 3.63) is 18.2 Å². The summed E-state index contributed by atoms with van der Waals surface area (Å²) in [4.78, 5) is 15.5. The van der Waals surface area contributed by atoms with Crippen molar-refractivity contribution in [2.45, 2.75) is 19.8 Å². The summed E-state index contributed by atoms with van der Waals surface area (Å²) in [6.07, 6.45) is 5.38. The number of rotatable bonds is 3. The second-order valence-corrected chi connectivity index (χ2v) is 4.10. The van der Waals surface area contributed by atoms with Crippen molar-refractivity contribution in [2.75, 3.05) is 6.61 Å². The third kappa shape index (κ3) is 1.89. The van der Waals surface area contributed by atoms with E-state index in [1.54, 1.807) is 6.33 Å². The summed E-state index contributed by atoms with van der Waals surface area (Å²) in [5, 5.41) is 0. The third-order valence-corrected chi connectivity index (χ3v) is 3.14. The van der Waals surface area contributed by atoms with Gasteiger partial charge >= 0.3 is 5.97 Å². The molecule has 0 radical (unpaired) electrons. The molecule has 1 aromatic rings. The Bertz CT molecular complexity index is 359. The Morgan fingerprint density at radius 3 is 3.07 bits per heavy atom. The van der Waals surface area contributed by atoms with Gasteiger partial charge in [-0.3, -0.25) is 4.79 Å². The lowest BCUT2D eigenvalue weighted by Crippen LogP contribution is -2.18. The topological polar surface area (TPSA) is 44.1 Å². The fraction of sp³-hybridized carbons (Fsp3) is 0.636. The molecule has 2 atom stereocenters. The first kappa shape index (κ1) is 10.2. The number of carbonyl (C=O) groups is 1. The van der Waals surface area contributed by atoms with Crippen LogP contribution in [0.25, 0.3) is 0 Å². The molecule has 4 nitrogen and oxygen atoms in total. The molecule has 0 amide bonds. The molecule has 82 valence electrons. The van der Waals surface area contributed by atoms with Gasteiger partial charge in [-0.05, 0) is 12.8 Å². The molecule has 0 bridgehead atoms. The summed E-state index contributed by atoms with van der Waals surface area (Å²) in [6, 6.07) is 0. The van der Waals surface area contributed by atoms with E-state index in [4.69, 9.17) is 4.74 Å². The van der Waals surface area contributed by atoms with Gasteiger partial charge in [0.1, 0.15) is 0 Å². The van der Waals surface area contributed by atoms with Crippen LogP contribution in [0, 0.1) is 11.8 Å². The molecular formula is C11H16N2O2. The predicted octanol–water partition coefficient (Wildman–Crippen LogP) is 1.16. The van der Waals surface area contributed by atoms with Crippen LogP contribution in [-0.2, 0) is 23.0 Å². The Morgan fingerprint density at radius 1 is 1.67 bits per heavy atom. The average Bonchev–Trinajstić information content (AvgIpc) is 2.76. The maximum Gasteiger partial charge on any atom is 0.309 e. The summed E-state index contributed by atoms with van der Waals surface area (Å²) < 4.78 is 7.08. The highest BCUT2D eigenvalue weighted by molar-refractivity contribution is 5.74. The summed E-state index contributed by atoms with van der Waals surface area (Å²) in [6.45, 7) is 2.59.